The van der Waals surface area contributed by atoms with Crippen molar-refractivity contribution in [1.29, 1.82) is 0 Å². The van der Waals surface area contributed by atoms with Gasteiger partial charge in [0.25, 0.3) is 0 Å². The first-order chi connectivity index (χ1) is 13.5. The van der Waals surface area contributed by atoms with E-state index in [9.17, 15) is 8.78 Å². The van der Waals surface area contributed by atoms with Crippen molar-refractivity contribution < 1.29 is 18.3 Å². The molecule has 7 heteroatoms. The molecule has 0 radical (unpaired) electrons. The Labute approximate surface area is 164 Å². The number of guanidine groups is 1. The minimum absolute atomic E-state index is 0.0674. The van der Waals surface area contributed by atoms with Gasteiger partial charge in [-0.1, -0.05) is 18.2 Å². The Balaban J connectivity index is 1.90. The summed E-state index contributed by atoms with van der Waals surface area (Å²) in [5.74, 6) is 0.248. The summed E-state index contributed by atoms with van der Waals surface area (Å²) in [6.45, 7) is 3.83. The molecule has 0 aliphatic heterocycles. The largest absolute Gasteiger partial charge is 0.491 e. The number of methoxy groups -OCH3 is 1. The molecule has 0 fully saturated rings. The predicted molar refractivity (Wildman–Crippen MR) is 107 cm³/mol. The van der Waals surface area contributed by atoms with Crippen LogP contribution in [-0.2, 0) is 17.7 Å². The summed E-state index contributed by atoms with van der Waals surface area (Å²) >= 11 is 0. The molecule has 0 heterocycles. The second-order valence-corrected chi connectivity index (χ2v) is 6.26. The number of nitrogens with one attached hydrogen (secondary N) is 2. The summed E-state index contributed by atoms with van der Waals surface area (Å²) in [5.41, 5.74) is 2.15. The highest BCUT2D eigenvalue weighted by Gasteiger charge is 2.09. The van der Waals surface area contributed by atoms with Crippen LogP contribution in [0, 0.1) is 18.6 Å². The summed E-state index contributed by atoms with van der Waals surface area (Å²) in [6.07, 6.45) is 0.217. The number of aryl methyl sites for hydroxylation is 1. The molecule has 0 saturated carbocycles. The van der Waals surface area contributed by atoms with Crippen LogP contribution in [0.25, 0.3) is 0 Å². The smallest absolute Gasteiger partial charge is 0.191 e. The Morgan fingerprint density at radius 2 is 1.82 bits per heavy atom. The Morgan fingerprint density at radius 1 is 1.07 bits per heavy atom. The van der Waals surface area contributed by atoms with Crippen LogP contribution >= 0.6 is 0 Å². The van der Waals surface area contributed by atoms with Crippen molar-refractivity contribution in [2.24, 2.45) is 4.99 Å². The van der Waals surface area contributed by atoms with Crippen LogP contribution in [0.15, 0.2) is 41.4 Å². The molecule has 0 bridgehead atoms. The van der Waals surface area contributed by atoms with E-state index in [0.29, 0.717) is 32.3 Å². The maximum absolute atomic E-state index is 13.7. The average molecular weight is 391 g/mol. The molecule has 2 aromatic carbocycles. The number of benzene rings is 2. The van der Waals surface area contributed by atoms with E-state index in [2.05, 4.69) is 15.6 Å². The molecular weight excluding hydrogens is 364 g/mol. The Kier molecular flexibility index (Phi) is 8.68. The van der Waals surface area contributed by atoms with Crippen molar-refractivity contribution in [3.05, 3.63) is 64.7 Å². The highest BCUT2D eigenvalue weighted by atomic mass is 19.1. The molecule has 5 nitrogen and oxygen atoms in total. The van der Waals surface area contributed by atoms with Crippen molar-refractivity contribution in [3.63, 3.8) is 0 Å². The molecule has 2 aromatic rings. The van der Waals surface area contributed by atoms with E-state index in [-0.39, 0.29) is 12.0 Å². The standard InChI is InChI=1S/C21H27F2N3O2/c1-15-7-8-16(20(13-15)28-12-11-27-3)14-26-21(24-2)25-10-9-17-18(22)5-4-6-19(17)23/h4-8,13H,9-12,14H2,1-3H3,(H2,24,25,26). The molecule has 152 valence electrons. The third-order valence-corrected chi connectivity index (χ3v) is 4.17. The minimum Gasteiger partial charge on any atom is -0.491 e. The molecule has 0 unspecified atom stereocenters. The summed E-state index contributed by atoms with van der Waals surface area (Å²) in [6, 6.07) is 9.85. The molecule has 0 amide bonds. The molecule has 0 atom stereocenters. The van der Waals surface area contributed by atoms with Gasteiger partial charge in [-0.25, -0.2) is 8.78 Å². The summed E-state index contributed by atoms with van der Waals surface area (Å²) in [7, 11) is 3.27. The van der Waals surface area contributed by atoms with Crippen LogP contribution in [0.5, 0.6) is 5.75 Å². The van der Waals surface area contributed by atoms with Gasteiger partial charge in [0.1, 0.15) is 24.0 Å². The number of hydrogen-bond acceptors (Lipinski definition) is 3. The van der Waals surface area contributed by atoms with Gasteiger partial charge >= 0.3 is 0 Å². The van der Waals surface area contributed by atoms with Gasteiger partial charge in [0.15, 0.2) is 5.96 Å². The topological polar surface area (TPSA) is 54.9 Å². The maximum Gasteiger partial charge on any atom is 0.191 e. The second kappa shape index (κ2) is 11.2. The van der Waals surface area contributed by atoms with Gasteiger partial charge in [0.05, 0.1) is 6.61 Å². The Bertz CT molecular complexity index is 777. The van der Waals surface area contributed by atoms with Crippen LogP contribution in [0.1, 0.15) is 16.7 Å². The lowest BCUT2D eigenvalue weighted by Gasteiger charge is -2.15. The first kappa shape index (κ1) is 21.6. The predicted octanol–water partition coefficient (Wildman–Crippen LogP) is 3.21. The van der Waals surface area contributed by atoms with E-state index >= 15 is 0 Å². The number of halogens is 2. The molecule has 2 N–H and O–H groups in total. The molecule has 0 spiro atoms. The number of nitrogens with zero attached hydrogens (tertiary/aromatic N) is 1. The van der Waals surface area contributed by atoms with Crippen molar-refractivity contribution in [2.45, 2.75) is 19.9 Å². The first-order valence-electron chi connectivity index (χ1n) is 9.13. The zero-order valence-electron chi connectivity index (χ0n) is 16.5. The fourth-order valence-electron chi connectivity index (χ4n) is 2.65. The van der Waals surface area contributed by atoms with E-state index in [1.165, 1.54) is 18.2 Å². The normalized spacial score (nSPS) is 11.4. The van der Waals surface area contributed by atoms with Crippen molar-refractivity contribution in [3.8, 4) is 5.75 Å². The molecule has 0 saturated heterocycles. The number of aliphatic imine (C=N–C) groups is 1. The lowest BCUT2D eigenvalue weighted by atomic mass is 10.1. The maximum atomic E-state index is 13.7. The van der Waals surface area contributed by atoms with Crippen LogP contribution in [0.4, 0.5) is 8.78 Å². The first-order valence-corrected chi connectivity index (χ1v) is 9.13. The van der Waals surface area contributed by atoms with E-state index in [1.54, 1.807) is 14.2 Å². The van der Waals surface area contributed by atoms with Gasteiger partial charge in [0, 0.05) is 38.4 Å². The van der Waals surface area contributed by atoms with Crippen LogP contribution in [0.3, 0.4) is 0 Å². The molecule has 28 heavy (non-hydrogen) atoms. The third-order valence-electron chi connectivity index (χ3n) is 4.17. The van der Waals surface area contributed by atoms with Gasteiger partial charge in [-0.3, -0.25) is 4.99 Å². The zero-order valence-corrected chi connectivity index (χ0v) is 16.5. The molecule has 2 rings (SSSR count). The van der Waals surface area contributed by atoms with Crippen LogP contribution < -0.4 is 15.4 Å². The number of rotatable bonds is 9. The van der Waals surface area contributed by atoms with E-state index < -0.39 is 11.6 Å². The van der Waals surface area contributed by atoms with E-state index in [1.807, 2.05) is 25.1 Å². The number of hydrogen-bond donors (Lipinski definition) is 2. The van der Waals surface area contributed by atoms with Gasteiger partial charge in [-0.05, 0) is 37.1 Å². The van der Waals surface area contributed by atoms with Crippen molar-refractivity contribution in [1.82, 2.24) is 10.6 Å². The highest BCUT2D eigenvalue weighted by molar-refractivity contribution is 5.79. The quantitative estimate of drug-likeness (QED) is 0.392. The summed E-state index contributed by atoms with van der Waals surface area (Å²) in [5, 5.41) is 6.26. The third kappa shape index (κ3) is 6.49. The lowest BCUT2D eigenvalue weighted by molar-refractivity contribution is 0.145. The number of ether oxygens (including phenoxy) is 2. The zero-order chi connectivity index (χ0) is 20.4. The monoisotopic (exact) mass is 391 g/mol. The molecular formula is C21H27F2N3O2. The minimum atomic E-state index is -0.540. The molecule has 0 aromatic heterocycles. The highest BCUT2D eigenvalue weighted by Crippen LogP contribution is 2.20. The van der Waals surface area contributed by atoms with Gasteiger partial charge < -0.3 is 20.1 Å². The summed E-state index contributed by atoms with van der Waals surface area (Å²) < 4.78 is 38.2. The van der Waals surface area contributed by atoms with E-state index in [0.717, 1.165) is 16.9 Å². The summed E-state index contributed by atoms with van der Waals surface area (Å²) in [4.78, 5) is 4.15. The Hall–Kier alpha value is -2.67. The van der Waals surface area contributed by atoms with Crippen molar-refractivity contribution >= 4 is 5.96 Å². The lowest BCUT2D eigenvalue weighted by Crippen LogP contribution is -2.38. The van der Waals surface area contributed by atoms with Gasteiger partial charge in [0.2, 0.25) is 0 Å². The fourth-order valence-corrected chi connectivity index (χ4v) is 2.65. The van der Waals surface area contributed by atoms with E-state index in [4.69, 9.17) is 9.47 Å². The Morgan fingerprint density at radius 3 is 2.50 bits per heavy atom. The van der Waals surface area contributed by atoms with Crippen molar-refractivity contribution in [2.75, 3.05) is 33.9 Å². The SMILES string of the molecule is CN=C(NCCc1c(F)cccc1F)NCc1ccc(C)cc1OCCOC. The van der Waals surface area contributed by atoms with Gasteiger partial charge in [-0.15, -0.1) is 0 Å². The van der Waals surface area contributed by atoms with Crippen LogP contribution in [-0.4, -0.2) is 39.9 Å². The van der Waals surface area contributed by atoms with Gasteiger partial charge in [-0.2, -0.15) is 0 Å². The molecule has 0 aliphatic carbocycles. The average Bonchev–Trinajstić information content (AvgIpc) is 2.68. The van der Waals surface area contributed by atoms with Crippen LogP contribution in [0.2, 0.25) is 0 Å². The second-order valence-electron chi connectivity index (χ2n) is 6.26. The fraction of sp³-hybridized carbons (Fsp3) is 0.381. The molecule has 0 aliphatic rings.